The van der Waals surface area contributed by atoms with E-state index < -0.39 is 0 Å². The van der Waals surface area contributed by atoms with Crippen LogP contribution in [0.1, 0.15) is 25.0 Å². The van der Waals surface area contributed by atoms with Crippen molar-refractivity contribution in [3.05, 3.63) is 35.9 Å². The lowest BCUT2D eigenvalue weighted by molar-refractivity contribution is -0.160. The van der Waals surface area contributed by atoms with Gasteiger partial charge in [0.15, 0.2) is 0 Å². The third kappa shape index (κ3) is 3.59. The molecule has 23 heavy (non-hydrogen) atoms. The number of benzene rings is 1. The molecular formula is C19H28N2O2. The summed E-state index contributed by atoms with van der Waals surface area (Å²) >= 11 is 0. The third-order valence-corrected chi connectivity index (χ3v) is 5.30. The highest BCUT2D eigenvalue weighted by atomic mass is 16.5. The molecule has 0 saturated carbocycles. The second-order valence-electron chi connectivity index (χ2n) is 7.21. The Bertz CT molecular complexity index is 503. The van der Waals surface area contributed by atoms with E-state index in [2.05, 4.69) is 36.0 Å². The van der Waals surface area contributed by atoms with Crippen molar-refractivity contribution in [1.82, 2.24) is 9.80 Å². The van der Waals surface area contributed by atoms with Crippen LogP contribution >= 0.6 is 0 Å². The molecule has 0 N–H and O–H groups in total. The van der Waals surface area contributed by atoms with Crippen LogP contribution in [-0.4, -0.2) is 56.0 Å². The summed E-state index contributed by atoms with van der Waals surface area (Å²) in [5.41, 5.74) is 1.14. The Kier molecular flexibility index (Phi) is 5.02. The molecule has 0 spiro atoms. The summed E-state index contributed by atoms with van der Waals surface area (Å²) in [6, 6.07) is 10.3. The summed E-state index contributed by atoms with van der Waals surface area (Å²) in [7, 11) is 4.41. The molecule has 1 unspecified atom stereocenters. The highest BCUT2D eigenvalue weighted by Crippen LogP contribution is 2.43. The van der Waals surface area contributed by atoms with Gasteiger partial charge in [-0.3, -0.25) is 4.79 Å². The average molecular weight is 316 g/mol. The van der Waals surface area contributed by atoms with Crippen molar-refractivity contribution in [1.29, 1.82) is 0 Å². The zero-order valence-electron chi connectivity index (χ0n) is 14.4. The van der Waals surface area contributed by atoms with E-state index in [9.17, 15) is 4.79 Å². The summed E-state index contributed by atoms with van der Waals surface area (Å²) in [5.74, 6) is 1.42. The van der Waals surface area contributed by atoms with Gasteiger partial charge in [-0.05, 0) is 31.5 Å². The Balaban J connectivity index is 1.91. The predicted octanol–water partition coefficient (Wildman–Crippen LogP) is 2.42. The molecule has 4 heteroatoms. The number of hydrogen-bond acceptors (Lipinski definition) is 4. The molecule has 2 bridgehead atoms. The van der Waals surface area contributed by atoms with Crippen molar-refractivity contribution in [2.45, 2.75) is 19.4 Å². The van der Waals surface area contributed by atoms with Crippen molar-refractivity contribution >= 4 is 5.97 Å². The zero-order valence-corrected chi connectivity index (χ0v) is 14.4. The minimum atomic E-state index is -0.110. The molecule has 0 amide bonds. The maximum absolute atomic E-state index is 12.0. The maximum Gasteiger partial charge on any atom is 0.306 e. The topological polar surface area (TPSA) is 32.8 Å². The lowest BCUT2D eigenvalue weighted by Gasteiger charge is -2.51. The molecule has 1 aromatic rings. The van der Waals surface area contributed by atoms with Crippen LogP contribution in [0.5, 0.6) is 0 Å². The van der Waals surface area contributed by atoms with Crippen LogP contribution in [0.15, 0.2) is 30.3 Å². The first kappa shape index (κ1) is 16.5. The minimum Gasteiger partial charge on any atom is -0.457 e. The molecule has 126 valence electrons. The Morgan fingerprint density at radius 2 is 1.61 bits per heavy atom. The predicted molar refractivity (Wildman–Crippen MR) is 91.0 cm³/mol. The van der Waals surface area contributed by atoms with Crippen molar-refractivity contribution in [3.8, 4) is 0 Å². The van der Waals surface area contributed by atoms with Crippen molar-refractivity contribution in [2.24, 2.45) is 17.8 Å². The molecule has 1 atom stereocenters. The molecule has 2 fully saturated rings. The first-order chi connectivity index (χ1) is 11.1. The smallest absolute Gasteiger partial charge is 0.306 e. The van der Waals surface area contributed by atoms with E-state index in [-0.39, 0.29) is 12.1 Å². The van der Waals surface area contributed by atoms with Crippen LogP contribution in [0.2, 0.25) is 0 Å². The fourth-order valence-corrected chi connectivity index (χ4v) is 4.47. The normalized spacial score (nSPS) is 30.0. The highest BCUT2D eigenvalue weighted by molar-refractivity contribution is 5.69. The molecule has 3 rings (SSSR count). The van der Waals surface area contributed by atoms with E-state index in [0.29, 0.717) is 24.2 Å². The Morgan fingerprint density at radius 1 is 1.09 bits per heavy atom. The van der Waals surface area contributed by atoms with Gasteiger partial charge in [0.25, 0.3) is 0 Å². The monoisotopic (exact) mass is 316 g/mol. The molecule has 0 aliphatic carbocycles. The Hall–Kier alpha value is -1.39. The van der Waals surface area contributed by atoms with Gasteiger partial charge in [0.2, 0.25) is 0 Å². The number of rotatable bonds is 4. The number of fused-ring (bicyclic) bond motifs is 2. The van der Waals surface area contributed by atoms with Gasteiger partial charge in [-0.2, -0.15) is 0 Å². The number of hydrogen-bond donors (Lipinski definition) is 0. The Labute approximate surface area is 139 Å². The van der Waals surface area contributed by atoms with Gasteiger partial charge in [-0.1, -0.05) is 37.3 Å². The molecule has 2 aliphatic heterocycles. The molecule has 2 aliphatic rings. The fraction of sp³-hybridized carbons (Fsp3) is 0.632. The van der Waals surface area contributed by atoms with E-state index in [4.69, 9.17) is 4.74 Å². The first-order valence-electron chi connectivity index (χ1n) is 8.70. The van der Waals surface area contributed by atoms with Crippen LogP contribution in [0.4, 0.5) is 0 Å². The summed E-state index contributed by atoms with van der Waals surface area (Å²) in [4.78, 5) is 16.9. The number of carbonyl (C=O) groups is 1. The van der Waals surface area contributed by atoms with Crippen LogP contribution in [0.25, 0.3) is 0 Å². The van der Waals surface area contributed by atoms with Crippen LogP contribution in [0, 0.1) is 17.8 Å². The summed E-state index contributed by atoms with van der Waals surface area (Å²) in [6.07, 6.45) is 0.326. The van der Waals surface area contributed by atoms with Crippen LogP contribution in [0.3, 0.4) is 0 Å². The summed E-state index contributed by atoms with van der Waals surface area (Å²) in [6.45, 7) is 6.20. The molecule has 0 radical (unpaired) electrons. The van der Waals surface area contributed by atoms with Gasteiger partial charge in [0, 0.05) is 38.5 Å². The number of piperidine rings is 2. The van der Waals surface area contributed by atoms with E-state index in [0.717, 1.165) is 31.7 Å². The van der Waals surface area contributed by atoms with Crippen LogP contribution < -0.4 is 0 Å². The number of esters is 1. The van der Waals surface area contributed by atoms with E-state index >= 15 is 0 Å². The lowest BCUT2D eigenvalue weighted by Crippen LogP contribution is -2.57. The third-order valence-electron chi connectivity index (χ3n) is 5.30. The summed E-state index contributed by atoms with van der Waals surface area (Å²) < 4.78 is 5.96. The molecule has 2 saturated heterocycles. The largest absolute Gasteiger partial charge is 0.457 e. The second kappa shape index (κ2) is 7.02. The van der Waals surface area contributed by atoms with Crippen LogP contribution in [-0.2, 0) is 9.53 Å². The average Bonchev–Trinajstić information content (AvgIpc) is 2.52. The molecule has 1 aromatic carbocycles. The maximum atomic E-state index is 12.0. The van der Waals surface area contributed by atoms with Gasteiger partial charge >= 0.3 is 5.97 Å². The summed E-state index contributed by atoms with van der Waals surface area (Å²) in [5, 5.41) is 0. The number of carbonyl (C=O) groups excluding carboxylic acids is 1. The fourth-order valence-electron chi connectivity index (χ4n) is 4.47. The highest BCUT2D eigenvalue weighted by Gasteiger charge is 2.46. The SMILES string of the molecule is CCC(=O)OC(c1ccccc1)C1C2CN(C)CC1CN(C)C2. The van der Waals surface area contributed by atoms with E-state index in [1.807, 2.05) is 25.1 Å². The van der Waals surface area contributed by atoms with Gasteiger partial charge in [-0.25, -0.2) is 0 Å². The number of nitrogens with zero attached hydrogens (tertiary/aromatic N) is 2. The quantitative estimate of drug-likeness (QED) is 0.799. The van der Waals surface area contributed by atoms with E-state index in [1.165, 1.54) is 0 Å². The molecule has 4 nitrogen and oxygen atoms in total. The van der Waals surface area contributed by atoms with Crippen molar-refractivity contribution in [2.75, 3.05) is 40.3 Å². The van der Waals surface area contributed by atoms with Gasteiger partial charge in [0.1, 0.15) is 6.10 Å². The van der Waals surface area contributed by atoms with Crippen molar-refractivity contribution < 1.29 is 9.53 Å². The second-order valence-corrected chi connectivity index (χ2v) is 7.21. The lowest BCUT2D eigenvalue weighted by atomic mass is 9.70. The van der Waals surface area contributed by atoms with Gasteiger partial charge in [-0.15, -0.1) is 0 Å². The van der Waals surface area contributed by atoms with Crippen molar-refractivity contribution in [3.63, 3.8) is 0 Å². The number of ether oxygens (including phenoxy) is 1. The molecule has 0 aromatic heterocycles. The van der Waals surface area contributed by atoms with Gasteiger partial charge < -0.3 is 14.5 Å². The standard InChI is InChI=1S/C19H28N2O2/c1-4-17(22)23-19(14-8-6-5-7-9-14)18-15-10-20(2)11-16(18)13-21(3)12-15/h5-9,15-16,18-19H,4,10-13H2,1-3H3. The minimum absolute atomic E-state index is 0.0933. The van der Waals surface area contributed by atoms with Gasteiger partial charge in [0.05, 0.1) is 0 Å². The molecular weight excluding hydrogens is 288 g/mol. The number of likely N-dealkylation sites (tertiary alicyclic amines) is 2. The zero-order chi connectivity index (χ0) is 16.4. The van der Waals surface area contributed by atoms with E-state index in [1.54, 1.807) is 0 Å². The molecule has 2 heterocycles. The Morgan fingerprint density at radius 3 is 2.09 bits per heavy atom. The first-order valence-corrected chi connectivity index (χ1v) is 8.70.